The van der Waals surface area contributed by atoms with Crippen molar-refractivity contribution in [1.82, 2.24) is 15.5 Å². The number of amides is 2. The first-order valence-electron chi connectivity index (χ1n) is 7.55. The fourth-order valence-electron chi connectivity index (χ4n) is 2.45. The number of hydrogen-bond donors (Lipinski definition) is 3. The predicted molar refractivity (Wildman–Crippen MR) is 85.8 cm³/mol. The van der Waals surface area contributed by atoms with E-state index in [1.54, 1.807) is 11.8 Å². The smallest absolute Gasteiger partial charge is 0.326 e. The number of hydrogen-bond acceptors (Lipinski definition) is 4. The van der Waals surface area contributed by atoms with E-state index in [9.17, 15) is 9.59 Å². The molecule has 0 unspecified atom stereocenters. The standard InChI is InChI=1S/C14H27N3O3S/c1-3-17-7-4-11(5-8-17)10-15-14(20)16-12(13(18)19)6-9-21-2/h11-12H,3-10H2,1-2H3,(H,18,19)(H2,15,16,20)/t12-/m0/s1. The highest BCUT2D eigenvalue weighted by Crippen LogP contribution is 2.15. The van der Waals surface area contributed by atoms with Crippen LogP contribution in [-0.2, 0) is 4.79 Å². The summed E-state index contributed by atoms with van der Waals surface area (Å²) in [4.78, 5) is 25.2. The van der Waals surface area contributed by atoms with Crippen LogP contribution in [0.25, 0.3) is 0 Å². The number of rotatable bonds is 8. The number of thioether (sulfide) groups is 1. The Bertz CT molecular complexity index is 333. The Kier molecular flexibility index (Phi) is 8.52. The van der Waals surface area contributed by atoms with Gasteiger partial charge in [-0.2, -0.15) is 11.8 Å². The van der Waals surface area contributed by atoms with Crippen molar-refractivity contribution in [2.45, 2.75) is 32.2 Å². The Morgan fingerprint density at radius 3 is 2.57 bits per heavy atom. The highest BCUT2D eigenvalue weighted by molar-refractivity contribution is 7.98. The van der Waals surface area contributed by atoms with Crippen molar-refractivity contribution in [1.29, 1.82) is 0 Å². The van der Waals surface area contributed by atoms with Gasteiger partial charge in [-0.25, -0.2) is 9.59 Å². The van der Waals surface area contributed by atoms with E-state index in [1.165, 1.54) is 0 Å². The van der Waals surface area contributed by atoms with E-state index >= 15 is 0 Å². The van der Waals surface area contributed by atoms with Crippen LogP contribution in [0.2, 0.25) is 0 Å². The van der Waals surface area contributed by atoms with E-state index in [0.29, 0.717) is 24.6 Å². The third-order valence-corrected chi connectivity index (χ3v) is 4.56. The van der Waals surface area contributed by atoms with E-state index < -0.39 is 12.0 Å². The highest BCUT2D eigenvalue weighted by Gasteiger charge is 2.21. The molecule has 3 N–H and O–H groups in total. The molecule has 1 aliphatic rings. The number of carboxylic acids is 1. The van der Waals surface area contributed by atoms with Gasteiger partial charge in [-0.1, -0.05) is 6.92 Å². The monoisotopic (exact) mass is 317 g/mol. The van der Waals surface area contributed by atoms with Crippen molar-refractivity contribution in [2.75, 3.05) is 38.2 Å². The summed E-state index contributed by atoms with van der Waals surface area (Å²) in [7, 11) is 0. The fraction of sp³-hybridized carbons (Fsp3) is 0.857. The molecule has 0 radical (unpaired) electrons. The molecule has 1 fully saturated rings. The number of urea groups is 1. The molecule has 7 heteroatoms. The molecule has 0 aromatic heterocycles. The lowest BCUT2D eigenvalue weighted by molar-refractivity contribution is -0.139. The number of piperidine rings is 1. The van der Waals surface area contributed by atoms with Crippen LogP contribution in [0.5, 0.6) is 0 Å². The minimum Gasteiger partial charge on any atom is -0.480 e. The Hall–Kier alpha value is -0.950. The summed E-state index contributed by atoms with van der Waals surface area (Å²) >= 11 is 1.57. The highest BCUT2D eigenvalue weighted by atomic mass is 32.2. The number of nitrogens with zero attached hydrogens (tertiary/aromatic N) is 1. The van der Waals surface area contributed by atoms with Crippen LogP contribution >= 0.6 is 11.8 Å². The maximum absolute atomic E-state index is 11.8. The zero-order chi connectivity index (χ0) is 15.7. The Balaban J connectivity index is 2.25. The van der Waals surface area contributed by atoms with Crippen LogP contribution in [0.15, 0.2) is 0 Å². The SMILES string of the molecule is CCN1CCC(CNC(=O)N[C@@H](CCSC)C(=O)O)CC1. The molecule has 0 aliphatic carbocycles. The summed E-state index contributed by atoms with van der Waals surface area (Å²) in [5, 5.41) is 14.4. The zero-order valence-corrected chi connectivity index (χ0v) is 13.7. The second kappa shape index (κ2) is 9.89. The Morgan fingerprint density at radius 1 is 1.38 bits per heavy atom. The fourth-order valence-corrected chi connectivity index (χ4v) is 2.92. The first-order valence-corrected chi connectivity index (χ1v) is 8.94. The van der Waals surface area contributed by atoms with Gasteiger partial charge in [-0.05, 0) is 56.8 Å². The van der Waals surface area contributed by atoms with E-state index in [4.69, 9.17) is 5.11 Å². The Labute approximate surface area is 131 Å². The van der Waals surface area contributed by atoms with E-state index in [1.807, 2.05) is 6.26 Å². The van der Waals surface area contributed by atoms with Gasteiger partial charge in [0.25, 0.3) is 0 Å². The summed E-state index contributed by atoms with van der Waals surface area (Å²) in [6.07, 6.45) is 4.53. The average molecular weight is 317 g/mol. The van der Waals surface area contributed by atoms with Crippen LogP contribution in [0.1, 0.15) is 26.2 Å². The average Bonchev–Trinajstić information content (AvgIpc) is 2.49. The molecule has 1 atom stereocenters. The van der Waals surface area contributed by atoms with Crippen LogP contribution < -0.4 is 10.6 Å². The van der Waals surface area contributed by atoms with E-state index in [2.05, 4.69) is 22.5 Å². The first kappa shape index (κ1) is 18.1. The zero-order valence-electron chi connectivity index (χ0n) is 12.9. The van der Waals surface area contributed by atoms with Crippen molar-refractivity contribution in [2.24, 2.45) is 5.92 Å². The molecule has 1 saturated heterocycles. The van der Waals surface area contributed by atoms with Crippen molar-refractivity contribution in [3.05, 3.63) is 0 Å². The quantitative estimate of drug-likeness (QED) is 0.627. The molecule has 0 aromatic rings. The molecule has 0 bridgehead atoms. The molecule has 6 nitrogen and oxygen atoms in total. The minimum absolute atomic E-state index is 0.374. The molecular formula is C14H27N3O3S. The van der Waals surface area contributed by atoms with E-state index in [0.717, 1.165) is 32.5 Å². The third kappa shape index (κ3) is 7.04. The van der Waals surface area contributed by atoms with Gasteiger partial charge in [0.05, 0.1) is 0 Å². The van der Waals surface area contributed by atoms with Gasteiger partial charge in [0, 0.05) is 6.54 Å². The maximum atomic E-state index is 11.8. The summed E-state index contributed by atoms with van der Waals surface area (Å²) < 4.78 is 0. The molecule has 1 heterocycles. The molecule has 1 rings (SSSR count). The molecule has 1 aliphatic heterocycles. The predicted octanol–water partition coefficient (Wildman–Crippen LogP) is 1.22. The lowest BCUT2D eigenvalue weighted by Crippen LogP contribution is -2.48. The number of nitrogens with one attached hydrogen (secondary N) is 2. The lowest BCUT2D eigenvalue weighted by atomic mass is 9.97. The van der Waals surface area contributed by atoms with Crippen molar-refractivity contribution in [3.8, 4) is 0 Å². The topological polar surface area (TPSA) is 81.7 Å². The summed E-state index contributed by atoms with van der Waals surface area (Å²) in [5.74, 6) is 0.232. The molecule has 21 heavy (non-hydrogen) atoms. The molecule has 0 aromatic carbocycles. The third-order valence-electron chi connectivity index (χ3n) is 3.92. The van der Waals surface area contributed by atoms with E-state index in [-0.39, 0.29) is 6.03 Å². The lowest BCUT2D eigenvalue weighted by Gasteiger charge is -2.31. The van der Waals surface area contributed by atoms with Gasteiger partial charge in [0.2, 0.25) is 0 Å². The molecule has 0 saturated carbocycles. The van der Waals surface area contributed by atoms with Gasteiger partial charge in [-0.15, -0.1) is 0 Å². The normalized spacial score (nSPS) is 18.2. The summed E-state index contributed by atoms with van der Waals surface area (Å²) in [6.45, 7) is 6.02. The molecule has 122 valence electrons. The van der Waals surface area contributed by atoms with Gasteiger partial charge in [0.15, 0.2) is 0 Å². The maximum Gasteiger partial charge on any atom is 0.326 e. The number of likely N-dealkylation sites (tertiary alicyclic amines) is 1. The van der Waals surface area contributed by atoms with Gasteiger partial charge < -0.3 is 20.6 Å². The van der Waals surface area contributed by atoms with Gasteiger partial charge in [-0.3, -0.25) is 0 Å². The second-order valence-corrected chi connectivity index (χ2v) is 6.39. The number of carboxylic acid groups (broad SMARTS) is 1. The molecule has 2 amide bonds. The second-order valence-electron chi connectivity index (χ2n) is 5.40. The van der Waals surface area contributed by atoms with Crippen LogP contribution in [0, 0.1) is 5.92 Å². The Morgan fingerprint density at radius 2 is 2.05 bits per heavy atom. The summed E-state index contributed by atoms with van der Waals surface area (Å²) in [6, 6.07) is -1.18. The number of carbonyl (C=O) groups excluding carboxylic acids is 1. The van der Waals surface area contributed by atoms with Crippen LogP contribution in [0.3, 0.4) is 0 Å². The van der Waals surface area contributed by atoms with Crippen molar-refractivity contribution >= 4 is 23.8 Å². The van der Waals surface area contributed by atoms with Gasteiger partial charge in [0.1, 0.15) is 6.04 Å². The van der Waals surface area contributed by atoms with Crippen LogP contribution in [-0.4, -0.2) is 66.2 Å². The van der Waals surface area contributed by atoms with Crippen molar-refractivity contribution < 1.29 is 14.7 Å². The summed E-state index contributed by atoms with van der Waals surface area (Å²) in [5.41, 5.74) is 0. The minimum atomic E-state index is -0.976. The molecular weight excluding hydrogens is 290 g/mol. The largest absolute Gasteiger partial charge is 0.480 e. The van der Waals surface area contributed by atoms with Gasteiger partial charge >= 0.3 is 12.0 Å². The molecule has 0 spiro atoms. The number of aliphatic carboxylic acids is 1. The first-order chi connectivity index (χ1) is 10.1. The number of carbonyl (C=O) groups is 2. The van der Waals surface area contributed by atoms with Crippen LogP contribution in [0.4, 0.5) is 4.79 Å². The van der Waals surface area contributed by atoms with Crippen molar-refractivity contribution in [3.63, 3.8) is 0 Å².